The van der Waals surface area contributed by atoms with E-state index in [0.717, 1.165) is 0 Å². The predicted molar refractivity (Wildman–Crippen MR) is 147 cm³/mol. The lowest BCUT2D eigenvalue weighted by molar-refractivity contribution is -0.237. The van der Waals surface area contributed by atoms with Crippen LogP contribution >= 0.6 is 0 Å². The number of rotatable bonds is 10. The highest BCUT2D eigenvalue weighted by atomic mass is 16.6. The van der Waals surface area contributed by atoms with Crippen LogP contribution in [0.5, 0.6) is 0 Å². The van der Waals surface area contributed by atoms with Crippen LogP contribution in [0.15, 0.2) is 23.3 Å². The van der Waals surface area contributed by atoms with Crippen LogP contribution in [0.2, 0.25) is 0 Å². The van der Waals surface area contributed by atoms with Crippen LogP contribution in [-0.2, 0) is 28.6 Å². The Morgan fingerprint density at radius 3 is 2.15 bits per heavy atom. The first-order chi connectivity index (χ1) is 19.2. The van der Waals surface area contributed by atoms with Gasteiger partial charge in [0.2, 0.25) is 0 Å². The molecule has 0 unspecified atom stereocenters. The van der Waals surface area contributed by atoms with Crippen molar-refractivity contribution in [2.24, 2.45) is 29.1 Å². The summed E-state index contributed by atoms with van der Waals surface area (Å²) in [5.74, 6) is -4.58. The molecule has 230 valence electrons. The topological polar surface area (TPSA) is 160 Å². The molecule has 10 heteroatoms. The highest BCUT2D eigenvalue weighted by molar-refractivity contribution is 5.72. The van der Waals surface area contributed by atoms with E-state index in [1.807, 2.05) is 27.7 Å². The minimum atomic E-state index is -1.82. The quantitative estimate of drug-likeness (QED) is 0.172. The van der Waals surface area contributed by atoms with Crippen molar-refractivity contribution < 1.29 is 49.0 Å². The minimum absolute atomic E-state index is 0.0827. The van der Waals surface area contributed by atoms with Crippen LogP contribution in [-0.4, -0.2) is 80.6 Å². The second-order valence-electron chi connectivity index (χ2n) is 13.0. The smallest absolute Gasteiger partial charge is 0.308 e. The van der Waals surface area contributed by atoms with E-state index < -0.39 is 89.2 Å². The van der Waals surface area contributed by atoms with Gasteiger partial charge < -0.3 is 34.6 Å². The number of ether oxygens (including phenoxy) is 3. The van der Waals surface area contributed by atoms with Crippen LogP contribution in [0.3, 0.4) is 0 Å². The lowest BCUT2D eigenvalue weighted by atomic mass is 9.58. The van der Waals surface area contributed by atoms with Crippen molar-refractivity contribution in [3.8, 4) is 0 Å². The number of fused-ring (bicyclic) bond motifs is 5. The van der Waals surface area contributed by atoms with E-state index in [0.29, 0.717) is 24.0 Å². The number of aliphatic hydroxyl groups is 4. The summed E-state index contributed by atoms with van der Waals surface area (Å²) < 4.78 is 18.0. The van der Waals surface area contributed by atoms with Crippen molar-refractivity contribution in [2.45, 2.75) is 109 Å². The van der Waals surface area contributed by atoms with Crippen LogP contribution < -0.4 is 0 Å². The molecule has 0 aliphatic heterocycles. The SMILES string of the molecule is CCCC(=O)O[C@@H]1[C@@H](C)[C@]2(O)[C@@H]3C=C(C)[C@H](OC(=O)CCO)[C@@]3(O)CC(CO)=C[C@H]2[C@@H]2C(C)(C)[C@]12OC(=O)CCC. The van der Waals surface area contributed by atoms with E-state index in [2.05, 4.69) is 0 Å². The van der Waals surface area contributed by atoms with E-state index in [9.17, 15) is 34.8 Å². The van der Waals surface area contributed by atoms with Crippen LogP contribution in [0.1, 0.15) is 80.1 Å². The zero-order valence-electron chi connectivity index (χ0n) is 25.0. The van der Waals surface area contributed by atoms with E-state index in [1.54, 1.807) is 26.0 Å². The third-order valence-corrected chi connectivity index (χ3v) is 10.1. The molecule has 41 heavy (non-hydrogen) atoms. The fraction of sp³-hybridized carbons (Fsp3) is 0.774. The molecule has 0 aromatic rings. The lowest BCUT2D eigenvalue weighted by Gasteiger charge is -2.53. The first-order valence-electron chi connectivity index (χ1n) is 14.9. The number of carbonyl (C=O) groups is 3. The van der Waals surface area contributed by atoms with E-state index in [1.165, 1.54) is 0 Å². The summed E-state index contributed by atoms with van der Waals surface area (Å²) >= 11 is 0. The number of aliphatic hydroxyl groups excluding tert-OH is 2. The molecule has 0 aromatic carbocycles. The molecule has 9 atom stereocenters. The number of esters is 3. The second kappa shape index (κ2) is 11.1. The predicted octanol–water partition coefficient (Wildman–Crippen LogP) is 2.36. The molecular formula is C31H46O10. The Morgan fingerprint density at radius 1 is 0.951 bits per heavy atom. The summed E-state index contributed by atoms with van der Waals surface area (Å²) in [5.41, 5.74) is -4.51. The molecule has 0 saturated heterocycles. The summed E-state index contributed by atoms with van der Waals surface area (Å²) in [7, 11) is 0. The molecule has 0 bridgehead atoms. The van der Waals surface area contributed by atoms with Gasteiger partial charge in [-0.05, 0) is 30.9 Å². The highest BCUT2D eigenvalue weighted by Crippen LogP contribution is 2.77. The molecule has 4 rings (SSSR count). The maximum absolute atomic E-state index is 13.0. The Hall–Kier alpha value is -2.27. The number of hydrogen-bond acceptors (Lipinski definition) is 10. The first-order valence-corrected chi connectivity index (χ1v) is 14.9. The largest absolute Gasteiger partial charge is 0.458 e. The molecular weight excluding hydrogens is 532 g/mol. The minimum Gasteiger partial charge on any atom is -0.458 e. The van der Waals surface area contributed by atoms with Gasteiger partial charge in [-0.25, -0.2) is 0 Å². The van der Waals surface area contributed by atoms with Gasteiger partial charge in [0, 0.05) is 48.3 Å². The Morgan fingerprint density at radius 2 is 1.56 bits per heavy atom. The molecule has 4 aliphatic rings. The first kappa shape index (κ1) is 31.7. The van der Waals surface area contributed by atoms with E-state index in [4.69, 9.17) is 14.2 Å². The lowest BCUT2D eigenvalue weighted by Crippen LogP contribution is -2.66. The Balaban J connectivity index is 1.88. The fourth-order valence-corrected chi connectivity index (χ4v) is 8.30. The maximum atomic E-state index is 13.0. The van der Waals surface area contributed by atoms with E-state index in [-0.39, 0.29) is 25.7 Å². The van der Waals surface area contributed by atoms with E-state index >= 15 is 0 Å². The van der Waals surface area contributed by atoms with Gasteiger partial charge >= 0.3 is 17.9 Å². The van der Waals surface area contributed by atoms with Crippen LogP contribution in [0.25, 0.3) is 0 Å². The molecule has 10 nitrogen and oxygen atoms in total. The summed E-state index contributed by atoms with van der Waals surface area (Å²) in [6, 6.07) is 0. The Bertz CT molecular complexity index is 1130. The molecule has 2 fully saturated rings. The van der Waals surface area contributed by atoms with Crippen molar-refractivity contribution >= 4 is 17.9 Å². The summed E-state index contributed by atoms with van der Waals surface area (Å²) in [6.45, 7) is 10.2. The molecule has 0 radical (unpaired) electrons. The second-order valence-corrected chi connectivity index (χ2v) is 13.0. The fourth-order valence-electron chi connectivity index (χ4n) is 8.30. The van der Waals surface area contributed by atoms with Gasteiger partial charge in [0.05, 0.1) is 25.2 Å². The standard InChI is InChI=1S/C31H46O10/c1-7-9-22(34)40-27-18(4)30(38)20(25-28(5,6)31(25,27)41-24(36)10-8-2)14-19(16-33)15-29(37)21(30)13-17(3)26(29)39-23(35)11-12-32/h13-14,18,20-21,25-27,32-33,37-38H,7-12,15-16H2,1-6H3/t18-,20+,21-,25-,26+,27-,29-,30-,31-/m1/s1. The number of hydrogen-bond donors (Lipinski definition) is 4. The van der Waals surface area contributed by atoms with Gasteiger partial charge in [0.1, 0.15) is 11.7 Å². The Kier molecular flexibility index (Phi) is 8.57. The van der Waals surface area contributed by atoms with Gasteiger partial charge in [-0.1, -0.05) is 46.8 Å². The normalized spacial score (nSPS) is 40.1. The molecule has 4 aliphatic carbocycles. The van der Waals surface area contributed by atoms with Crippen molar-refractivity contribution in [3.63, 3.8) is 0 Å². The summed E-state index contributed by atoms with van der Waals surface area (Å²) in [5, 5.41) is 44.8. The molecule has 0 amide bonds. The zero-order chi connectivity index (χ0) is 30.5. The number of carbonyl (C=O) groups excluding carboxylic acids is 3. The van der Waals surface area contributed by atoms with Gasteiger partial charge in [-0.2, -0.15) is 0 Å². The van der Waals surface area contributed by atoms with Crippen molar-refractivity contribution in [1.82, 2.24) is 0 Å². The molecule has 0 heterocycles. The third-order valence-electron chi connectivity index (χ3n) is 10.1. The molecule has 4 N–H and O–H groups in total. The van der Waals surface area contributed by atoms with Crippen LogP contribution in [0, 0.1) is 29.1 Å². The van der Waals surface area contributed by atoms with Crippen molar-refractivity contribution in [1.29, 1.82) is 0 Å². The molecule has 0 aromatic heterocycles. The van der Waals surface area contributed by atoms with Gasteiger partial charge in [0.25, 0.3) is 0 Å². The van der Waals surface area contributed by atoms with Gasteiger partial charge in [-0.15, -0.1) is 0 Å². The highest BCUT2D eigenvalue weighted by Gasteiger charge is 2.88. The van der Waals surface area contributed by atoms with Gasteiger partial charge in [0.15, 0.2) is 11.7 Å². The summed E-state index contributed by atoms with van der Waals surface area (Å²) in [6.07, 6.45) is 2.48. The molecule has 0 spiro atoms. The van der Waals surface area contributed by atoms with Gasteiger partial charge in [-0.3, -0.25) is 14.4 Å². The van der Waals surface area contributed by atoms with Crippen molar-refractivity contribution in [3.05, 3.63) is 23.3 Å². The third kappa shape index (κ3) is 4.65. The Labute approximate surface area is 241 Å². The van der Waals surface area contributed by atoms with Crippen molar-refractivity contribution in [2.75, 3.05) is 13.2 Å². The average Bonchev–Trinajstić information content (AvgIpc) is 3.30. The average molecular weight is 579 g/mol. The maximum Gasteiger partial charge on any atom is 0.308 e. The van der Waals surface area contributed by atoms with Crippen LogP contribution in [0.4, 0.5) is 0 Å². The monoisotopic (exact) mass is 578 g/mol. The summed E-state index contributed by atoms with van der Waals surface area (Å²) in [4.78, 5) is 38.4. The molecule has 2 saturated carbocycles. The zero-order valence-corrected chi connectivity index (χ0v) is 25.0.